The number of rotatable bonds is 11. The third-order valence-electron chi connectivity index (χ3n) is 9.84. The van der Waals surface area contributed by atoms with E-state index in [0.717, 1.165) is 36.1 Å². The molecule has 0 unspecified atom stereocenters. The zero-order valence-electron chi connectivity index (χ0n) is 31.3. The maximum atomic E-state index is 14.2. The molecule has 52 heavy (non-hydrogen) atoms. The number of anilines is 2. The lowest BCUT2D eigenvalue weighted by Gasteiger charge is -2.46. The van der Waals surface area contributed by atoms with Gasteiger partial charge >= 0.3 is 12.1 Å². The van der Waals surface area contributed by atoms with Crippen molar-refractivity contribution >= 4 is 35.4 Å². The molecule has 12 heteroatoms. The Kier molecular flexibility index (Phi) is 12.1. The van der Waals surface area contributed by atoms with Crippen molar-refractivity contribution in [2.24, 2.45) is 11.8 Å². The first-order chi connectivity index (χ1) is 24.8. The highest BCUT2D eigenvalue weighted by Crippen LogP contribution is 2.35. The number of aromatic nitrogens is 1. The van der Waals surface area contributed by atoms with Gasteiger partial charge in [0.2, 0.25) is 5.91 Å². The van der Waals surface area contributed by atoms with Crippen LogP contribution in [0.25, 0.3) is 0 Å². The Labute approximate surface area is 306 Å². The molecule has 3 aromatic rings. The van der Waals surface area contributed by atoms with E-state index in [2.05, 4.69) is 10.3 Å². The lowest BCUT2D eigenvalue weighted by Crippen LogP contribution is -2.71. The number of methoxy groups -OCH3 is 2. The molecule has 278 valence electrons. The second kappa shape index (κ2) is 16.5. The Balaban J connectivity index is 1.41. The minimum absolute atomic E-state index is 0.137. The lowest BCUT2D eigenvalue weighted by molar-refractivity contribution is -0.156. The van der Waals surface area contributed by atoms with Gasteiger partial charge in [-0.2, -0.15) is 0 Å². The number of urea groups is 1. The number of nitrogens with zero attached hydrogens (tertiary/aromatic N) is 4. The van der Waals surface area contributed by atoms with Crippen molar-refractivity contribution in [3.8, 4) is 11.5 Å². The summed E-state index contributed by atoms with van der Waals surface area (Å²) in [5.41, 5.74) is 1.34. The first-order valence-corrected chi connectivity index (χ1v) is 17.9. The Morgan fingerprint density at radius 1 is 0.923 bits per heavy atom. The van der Waals surface area contributed by atoms with Crippen LogP contribution in [0.15, 0.2) is 66.9 Å². The van der Waals surface area contributed by atoms with E-state index < -0.39 is 35.6 Å². The van der Waals surface area contributed by atoms with Gasteiger partial charge in [-0.3, -0.25) is 19.4 Å². The monoisotopic (exact) mass is 713 g/mol. The Morgan fingerprint density at radius 2 is 1.54 bits per heavy atom. The maximum absolute atomic E-state index is 14.2. The van der Waals surface area contributed by atoms with E-state index >= 15 is 0 Å². The number of likely N-dealkylation sites (tertiary alicyclic amines) is 1. The van der Waals surface area contributed by atoms with Gasteiger partial charge in [0.15, 0.2) is 0 Å². The van der Waals surface area contributed by atoms with Gasteiger partial charge in [0.05, 0.1) is 26.7 Å². The highest BCUT2D eigenvalue weighted by Gasteiger charge is 2.55. The van der Waals surface area contributed by atoms with Crippen molar-refractivity contribution in [1.29, 1.82) is 0 Å². The third kappa shape index (κ3) is 9.02. The highest BCUT2D eigenvalue weighted by molar-refractivity contribution is 6.12. The van der Waals surface area contributed by atoms with Gasteiger partial charge in [0, 0.05) is 25.0 Å². The zero-order chi connectivity index (χ0) is 37.6. The van der Waals surface area contributed by atoms with Gasteiger partial charge in [-0.1, -0.05) is 31.4 Å². The molecule has 1 aliphatic carbocycles. The van der Waals surface area contributed by atoms with Crippen LogP contribution in [0.5, 0.6) is 11.5 Å². The molecule has 2 aliphatic rings. The summed E-state index contributed by atoms with van der Waals surface area (Å²) in [7, 11) is 4.78. The van der Waals surface area contributed by atoms with E-state index in [1.165, 1.54) is 16.2 Å². The second-order valence-corrected chi connectivity index (χ2v) is 14.6. The molecule has 1 aromatic heterocycles. The van der Waals surface area contributed by atoms with E-state index in [-0.39, 0.29) is 24.9 Å². The van der Waals surface area contributed by atoms with Gasteiger partial charge in [0.1, 0.15) is 29.0 Å². The molecule has 1 saturated heterocycles. The van der Waals surface area contributed by atoms with E-state index in [9.17, 15) is 19.2 Å². The molecule has 0 spiro atoms. The van der Waals surface area contributed by atoms with E-state index in [1.807, 2.05) is 31.2 Å². The number of β-lactam (4-membered cyclic amide) rings is 1. The Bertz CT molecular complexity index is 1720. The standard InChI is InChI=1S/C40H51N5O7/c1-26(29-11-9-8-10-12-29)42-38(48)45-35(37(47)43(5)30-15-19-32(51-7)20-16-30)33(36(45)46)23-28-21-22-41-34(24-28)44(39(49)52-40(2,3)4)25-27-13-17-31(50-6)18-14-27/h13-22,24,26,29,33,35H,8-12,23,25H2,1-7H3,(H,42,48)/t26-,33+,35+/m1/s1. The van der Waals surface area contributed by atoms with Crippen LogP contribution in [0.4, 0.5) is 21.1 Å². The number of hydrogen-bond donors (Lipinski definition) is 1. The molecule has 2 heterocycles. The van der Waals surface area contributed by atoms with E-state index in [1.54, 1.807) is 84.6 Å². The first kappa shape index (κ1) is 38.1. The summed E-state index contributed by atoms with van der Waals surface area (Å²) < 4.78 is 16.3. The van der Waals surface area contributed by atoms with Crippen LogP contribution in [0.2, 0.25) is 0 Å². The topological polar surface area (TPSA) is 131 Å². The van der Waals surface area contributed by atoms with Crippen LogP contribution in [-0.4, -0.2) is 72.8 Å². The van der Waals surface area contributed by atoms with Gasteiger partial charge in [-0.05, 0) is 113 Å². The predicted molar refractivity (Wildman–Crippen MR) is 198 cm³/mol. The lowest BCUT2D eigenvalue weighted by atomic mass is 9.81. The van der Waals surface area contributed by atoms with Gasteiger partial charge in [-0.25, -0.2) is 14.6 Å². The molecule has 1 saturated carbocycles. The molecular formula is C40H51N5O7. The number of hydrogen-bond acceptors (Lipinski definition) is 8. The number of nitrogens with one attached hydrogen (secondary N) is 1. The molecular weight excluding hydrogens is 662 g/mol. The molecule has 5 amide bonds. The molecule has 12 nitrogen and oxygen atoms in total. The first-order valence-electron chi connectivity index (χ1n) is 17.9. The number of imide groups is 1. The summed E-state index contributed by atoms with van der Waals surface area (Å²) >= 11 is 0. The second-order valence-electron chi connectivity index (χ2n) is 14.6. The van der Waals surface area contributed by atoms with Crippen LogP contribution in [0.1, 0.15) is 70.9 Å². The predicted octanol–water partition coefficient (Wildman–Crippen LogP) is 6.75. The number of amides is 5. The average molecular weight is 714 g/mol. The normalized spacial score (nSPS) is 18.1. The molecule has 1 aliphatic heterocycles. The molecule has 2 fully saturated rings. The number of benzene rings is 2. The zero-order valence-corrected chi connectivity index (χ0v) is 31.3. The molecule has 1 N–H and O–H groups in total. The fourth-order valence-electron chi connectivity index (χ4n) is 6.86. The maximum Gasteiger partial charge on any atom is 0.416 e. The largest absolute Gasteiger partial charge is 0.497 e. The minimum Gasteiger partial charge on any atom is -0.497 e. The third-order valence-corrected chi connectivity index (χ3v) is 9.84. The highest BCUT2D eigenvalue weighted by atomic mass is 16.6. The van der Waals surface area contributed by atoms with Crippen molar-refractivity contribution < 1.29 is 33.4 Å². The van der Waals surface area contributed by atoms with Crippen LogP contribution in [-0.2, 0) is 27.3 Å². The van der Waals surface area contributed by atoms with Crippen molar-refractivity contribution in [1.82, 2.24) is 15.2 Å². The van der Waals surface area contributed by atoms with Crippen LogP contribution >= 0.6 is 0 Å². The molecule has 0 bridgehead atoms. The van der Waals surface area contributed by atoms with E-state index in [4.69, 9.17) is 14.2 Å². The van der Waals surface area contributed by atoms with E-state index in [0.29, 0.717) is 34.5 Å². The van der Waals surface area contributed by atoms with Crippen molar-refractivity contribution in [2.75, 3.05) is 31.1 Å². The minimum atomic E-state index is -1.05. The summed E-state index contributed by atoms with van der Waals surface area (Å²) in [5.74, 6) is 0.321. The smallest absolute Gasteiger partial charge is 0.416 e. The molecule has 0 radical (unpaired) electrons. The fraction of sp³-hybridized carbons (Fsp3) is 0.475. The summed E-state index contributed by atoms with van der Waals surface area (Å²) in [6, 6.07) is 16.1. The summed E-state index contributed by atoms with van der Waals surface area (Å²) in [5, 5.41) is 3.03. The number of carbonyl (C=O) groups is 4. The SMILES string of the molecule is COc1ccc(CN(C(=O)OC(C)(C)C)c2cc(C[C@@H]3C(=O)N(C(=O)N[C@H](C)C4CCCCC4)[C@@H]3C(=O)N(C)c3ccc(OC)cc3)ccn2)cc1. The molecule has 2 aromatic carbocycles. The quantitative estimate of drug-likeness (QED) is 0.216. The van der Waals surface area contributed by atoms with Crippen molar-refractivity contribution in [3.63, 3.8) is 0 Å². The van der Waals surface area contributed by atoms with Crippen LogP contribution in [0, 0.1) is 11.8 Å². The van der Waals surface area contributed by atoms with Gasteiger partial charge in [-0.15, -0.1) is 0 Å². The number of likely N-dealkylation sites (N-methyl/N-ethyl adjacent to an activating group) is 1. The Hall–Kier alpha value is -5.13. The summed E-state index contributed by atoms with van der Waals surface area (Å²) in [6.45, 7) is 7.51. The van der Waals surface area contributed by atoms with Crippen molar-refractivity contribution in [2.45, 2.75) is 90.4 Å². The number of carbonyl (C=O) groups excluding carboxylic acids is 4. The van der Waals surface area contributed by atoms with Crippen LogP contribution in [0.3, 0.4) is 0 Å². The summed E-state index contributed by atoms with van der Waals surface area (Å²) in [6.07, 6.45) is 6.57. The molecule has 5 rings (SSSR count). The number of ether oxygens (including phenoxy) is 3. The fourth-order valence-corrected chi connectivity index (χ4v) is 6.86. The van der Waals surface area contributed by atoms with Gasteiger partial charge in [0.25, 0.3) is 5.91 Å². The number of pyridine rings is 1. The van der Waals surface area contributed by atoms with Gasteiger partial charge < -0.3 is 24.4 Å². The Morgan fingerprint density at radius 3 is 2.13 bits per heavy atom. The summed E-state index contributed by atoms with van der Waals surface area (Å²) in [4.78, 5) is 63.8. The van der Waals surface area contributed by atoms with Crippen molar-refractivity contribution in [3.05, 3.63) is 78.0 Å². The van der Waals surface area contributed by atoms with Crippen LogP contribution < -0.4 is 24.6 Å². The molecule has 3 atom stereocenters. The average Bonchev–Trinajstić information content (AvgIpc) is 3.14.